The summed E-state index contributed by atoms with van der Waals surface area (Å²) in [7, 11) is 0. The highest BCUT2D eigenvalue weighted by Gasteiger charge is 2.11. The van der Waals surface area contributed by atoms with Crippen molar-refractivity contribution in [3.05, 3.63) is 53.6 Å². The van der Waals surface area contributed by atoms with E-state index in [4.69, 9.17) is 11.6 Å². The van der Waals surface area contributed by atoms with E-state index in [0.29, 0.717) is 0 Å². The molecule has 17 heavy (non-hydrogen) atoms. The molecule has 0 saturated carbocycles. The summed E-state index contributed by atoms with van der Waals surface area (Å²) in [4.78, 5) is 2.38. The molecule has 0 amide bonds. The maximum Gasteiger partial charge on any atom is 0.0412 e. The molecule has 0 radical (unpaired) electrons. The Labute approximate surface area is 114 Å². The molecule has 2 rings (SSSR count). The third-order valence-corrected chi connectivity index (χ3v) is 3.11. The molecular weight excluding hydrogens is 253 g/mol. The van der Waals surface area contributed by atoms with E-state index in [0.717, 1.165) is 31.1 Å². The summed E-state index contributed by atoms with van der Waals surface area (Å²) in [6, 6.07) is 8.09. The van der Waals surface area contributed by atoms with Gasteiger partial charge < -0.3 is 0 Å². The first-order chi connectivity index (χ1) is 7.79. The van der Waals surface area contributed by atoms with Crippen LogP contribution in [0.3, 0.4) is 0 Å². The Kier molecular flexibility index (Phi) is 5.76. The Morgan fingerprint density at radius 1 is 1.41 bits per heavy atom. The van der Waals surface area contributed by atoms with E-state index in [2.05, 4.69) is 23.6 Å². The molecule has 0 atom stereocenters. The zero-order valence-electron chi connectivity index (χ0n) is 9.73. The maximum absolute atomic E-state index is 5.99. The standard InChI is InChI=1S/C14H16ClN.ClH/c1-2-8-16-9-6-12(7-10-16)13-4-3-5-14(15)11-13;/h2-6,11H,1,7-10H2;1H. The number of benzene rings is 1. The van der Waals surface area contributed by atoms with Crippen molar-refractivity contribution in [2.24, 2.45) is 0 Å². The van der Waals surface area contributed by atoms with E-state index in [1.54, 1.807) is 0 Å². The first-order valence-electron chi connectivity index (χ1n) is 5.58. The molecule has 0 N–H and O–H groups in total. The highest BCUT2D eigenvalue weighted by Crippen LogP contribution is 2.24. The molecule has 1 aromatic carbocycles. The van der Waals surface area contributed by atoms with Gasteiger partial charge in [0.15, 0.2) is 0 Å². The van der Waals surface area contributed by atoms with Crippen LogP contribution >= 0.6 is 24.0 Å². The molecule has 1 aliphatic rings. The third kappa shape index (κ3) is 3.88. The van der Waals surface area contributed by atoms with Gasteiger partial charge in [-0.05, 0) is 29.7 Å². The SMILES string of the molecule is C=CCN1CC=C(c2cccc(Cl)c2)CC1.Cl. The Hall–Kier alpha value is -0.760. The van der Waals surface area contributed by atoms with Crippen LogP contribution in [0.4, 0.5) is 0 Å². The fraction of sp³-hybridized carbons (Fsp3) is 0.286. The predicted molar refractivity (Wildman–Crippen MR) is 77.9 cm³/mol. The zero-order chi connectivity index (χ0) is 11.4. The van der Waals surface area contributed by atoms with E-state index < -0.39 is 0 Å². The van der Waals surface area contributed by atoms with E-state index in [9.17, 15) is 0 Å². The van der Waals surface area contributed by atoms with Gasteiger partial charge in [0.1, 0.15) is 0 Å². The smallest absolute Gasteiger partial charge is 0.0412 e. The summed E-state index contributed by atoms with van der Waals surface area (Å²) in [6.07, 6.45) is 5.34. The van der Waals surface area contributed by atoms with Crippen LogP contribution in [0.15, 0.2) is 43.0 Å². The fourth-order valence-corrected chi connectivity index (χ4v) is 2.20. The van der Waals surface area contributed by atoms with Crippen LogP contribution < -0.4 is 0 Å². The van der Waals surface area contributed by atoms with Gasteiger partial charge in [0, 0.05) is 24.7 Å². The minimum Gasteiger partial charge on any atom is -0.296 e. The lowest BCUT2D eigenvalue weighted by Crippen LogP contribution is -2.28. The van der Waals surface area contributed by atoms with Crippen LogP contribution in [0.2, 0.25) is 5.02 Å². The lowest BCUT2D eigenvalue weighted by atomic mass is 9.99. The van der Waals surface area contributed by atoms with Gasteiger partial charge in [-0.1, -0.05) is 35.9 Å². The van der Waals surface area contributed by atoms with Crippen LogP contribution in [0.25, 0.3) is 5.57 Å². The summed E-state index contributed by atoms with van der Waals surface area (Å²) in [5.74, 6) is 0. The Balaban J connectivity index is 0.00000144. The summed E-state index contributed by atoms with van der Waals surface area (Å²) < 4.78 is 0. The fourth-order valence-electron chi connectivity index (χ4n) is 2.01. The number of hydrogen-bond acceptors (Lipinski definition) is 1. The van der Waals surface area contributed by atoms with E-state index in [1.807, 2.05) is 24.3 Å². The van der Waals surface area contributed by atoms with Crippen LogP contribution in [-0.2, 0) is 0 Å². The molecule has 0 aromatic heterocycles. The van der Waals surface area contributed by atoms with E-state index >= 15 is 0 Å². The number of rotatable bonds is 3. The molecule has 0 aliphatic carbocycles. The van der Waals surface area contributed by atoms with Gasteiger partial charge >= 0.3 is 0 Å². The molecular formula is C14H17Cl2N. The molecule has 1 aliphatic heterocycles. The number of halogens is 2. The first-order valence-corrected chi connectivity index (χ1v) is 5.95. The highest BCUT2D eigenvalue weighted by atomic mass is 35.5. The van der Waals surface area contributed by atoms with Crippen molar-refractivity contribution in [3.63, 3.8) is 0 Å². The Bertz CT molecular complexity index is 412. The van der Waals surface area contributed by atoms with Crippen molar-refractivity contribution in [2.75, 3.05) is 19.6 Å². The number of nitrogens with zero attached hydrogens (tertiary/aromatic N) is 1. The monoisotopic (exact) mass is 269 g/mol. The van der Waals surface area contributed by atoms with E-state index in [1.165, 1.54) is 11.1 Å². The van der Waals surface area contributed by atoms with Crippen molar-refractivity contribution in [3.8, 4) is 0 Å². The molecule has 1 heterocycles. The third-order valence-electron chi connectivity index (χ3n) is 2.88. The number of hydrogen-bond donors (Lipinski definition) is 0. The lowest BCUT2D eigenvalue weighted by molar-refractivity contribution is 0.335. The average molecular weight is 270 g/mol. The van der Waals surface area contributed by atoms with Gasteiger partial charge in [-0.2, -0.15) is 0 Å². The molecule has 0 bridgehead atoms. The predicted octanol–water partition coefficient (Wildman–Crippen LogP) is 4.04. The first kappa shape index (κ1) is 14.3. The summed E-state index contributed by atoms with van der Waals surface area (Å²) in [6.45, 7) is 6.84. The van der Waals surface area contributed by atoms with Gasteiger partial charge in [-0.15, -0.1) is 19.0 Å². The second-order valence-corrected chi connectivity index (χ2v) is 4.47. The van der Waals surface area contributed by atoms with Crippen LogP contribution in [0.5, 0.6) is 0 Å². The molecule has 0 spiro atoms. The van der Waals surface area contributed by atoms with Crippen LogP contribution in [0.1, 0.15) is 12.0 Å². The molecule has 0 fully saturated rings. The lowest BCUT2D eigenvalue weighted by Gasteiger charge is -2.25. The van der Waals surface area contributed by atoms with Gasteiger partial charge in [0.2, 0.25) is 0 Å². The van der Waals surface area contributed by atoms with Crippen molar-refractivity contribution >= 4 is 29.6 Å². The van der Waals surface area contributed by atoms with Gasteiger partial charge in [-0.25, -0.2) is 0 Å². The minimum atomic E-state index is 0. The Morgan fingerprint density at radius 3 is 2.82 bits per heavy atom. The largest absolute Gasteiger partial charge is 0.296 e. The summed E-state index contributed by atoms with van der Waals surface area (Å²) in [5, 5.41) is 0.812. The molecule has 92 valence electrons. The topological polar surface area (TPSA) is 3.24 Å². The van der Waals surface area contributed by atoms with Crippen molar-refractivity contribution in [1.29, 1.82) is 0 Å². The quantitative estimate of drug-likeness (QED) is 0.749. The van der Waals surface area contributed by atoms with Crippen molar-refractivity contribution in [2.45, 2.75) is 6.42 Å². The van der Waals surface area contributed by atoms with Crippen LogP contribution in [0, 0.1) is 0 Å². The average Bonchev–Trinajstić information content (AvgIpc) is 2.30. The zero-order valence-corrected chi connectivity index (χ0v) is 11.3. The molecule has 3 heteroatoms. The van der Waals surface area contributed by atoms with Gasteiger partial charge in [-0.3, -0.25) is 4.90 Å². The maximum atomic E-state index is 5.99. The van der Waals surface area contributed by atoms with Crippen molar-refractivity contribution < 1.29 is 0 Å². The van der Waals surface area contributed by atoms with E-state index in [-0.39, 0.29) is 12.4 Å². The highest BCUT2D eigenvalue weighted by molar-refractivity contribution is 6.30. The van der Waals surface area contributed by atoms with Gasteiger partial charge in [0.25, 0.3) is 0 Å². The van der Waals surface area contributed by atoms with Gasteiger partial charge in [0.05, 0.1) is 0 Å². The van der Waals surface area contributed by atoms with Crippen molar-refractivity contribution in [1.82, 2.24) is 4.90 Å². The second kappa shape index (κ2) is 6.85. The molecule has 1 aromatic rings. The molecule has 0 saturated heterocycles. The minimum absolute atomic E-state index is 0. The second-order valence-electron chi connectivity index (χ2n) is 4.04. The molecule has 0 unspecified atom stereocenters. The van der Waals surface area contributed by atoms with Crippen LogP contribution in [-0.4, -0.2) is 24.5 Å². The Morgan fingerprint density at radius 2 is 2.24 bits per heavy atom. The molecule has 1 nitrogen and oxygen atoms in total. The normalized spacial score (nSPS) is 15.9. The summed E-state index contributed by atoms with van der Waals surface area (Å²) >= 11 is 5.99. The summed E-state index contributed by atoms with van der Waals surface area (Å²) in [5.41, 5.74) is 2.66.